The van der Waals surface area contributed by atoms with E-state index in [4.69, 9.17) is 4.55 Å². The smallest absolute Gasteiger partial charge is 0.314 e. The normalized spacial score (nSPS) is 12.1. The molecule has 7 nitrogen and oxygen atoms in total. The molecule has 0 amide bonds. The Morgan fingerprint density at radius 3 is 2.77 bits per heavy atom. The Kier molecular flexibility index (Phi) is 1.54. The van der Waals surface area contributed by atoms with E-state index in [1.165, 1.54) is 6.33 Å². The highest BCUT2D eigenvalue weighted by Gasteiger charge is 2.17. The minimum absolute atomic E-state index is 0.0324. The van der Waals surface area contributed by atoms with Crippen LogP contribution in [0.1, 0.15) is 0 Å². The summed E-state index contributed by atoms with van der Waals surface area (Å²) in [5.41, 5.74) is 0.299. The molecule has 0 saturated carbocycles. The lowest BCUT2D eigenvalue weighted by Crippen LogP contribution is -2.02. The highest BCUT2D eigenvalue weighted by Crippen LogP contribution is 2.13. The molecule has 0 radical (unpaired) electrons. The van der Waals surface area contributed by atoms with Crippen molar-refractivity contribution in [2.24, 2.45) is 0 Å². The first kappa shape index (κ1) is 8.08. The molecule has 0 unspecified atom stereocenters. The van der Waals surface area contributed by atoms with Gasteiger partial charge in [0.1, 0.15) is 11.8 Å². The topological polar surface area (TPSA) is 109 Å². The first-order chi connectivity index (χ1) is 6.09. The van der Waals surface area contributed by atoms with E-state index in [0.717, 1.165) is 6.33 Å². The van der Waals surface area contributed by atoms with Crippen LogP contribution >= 0.6 is 0 Å². The third kappa shape index (κ3) is 1.25. The number of rotatable bonds is 1. The van der Waals surface area contributed by atoms with Crippen molar-refractivity contribution in [3.05, 3.63) is 12.7 Å². The van der Waals surface area contributed by atoms with E-state index in [1.807, 2.05) is 0 Å². The van der Waals surface area contributed by atoms with Crippen LogP contribution in [0.4, 0.5) is 0 Å². The third-order valence-corrected chi connectivity index (χ3v) is 2.22. The minimum Gasteiger partial charge on any atom is -0.329 e. The number of imidazole rings is 1. The number of nitrogens with one attached hydrogen (secondary N) is 1. The standard InChI is InChI=1S/C5H4N4O3S/c10-13(11,12)5-3-4(7-1-6-3)8-2-9-5/h1-2H,(H,10,11,12)(H,6,7,8,9). The second kappa shape index (κ2) is 2.47. The van der Waals surface area contributed by atoms with Gasteiger partial charge in [0.15, 0.2) is 5.65 Å². The van der Waals surface area contributed by atoms with Crippen LogP contribution in [0, 0.1) is 0 Å². The van der Waals surface area contributed by atoms with Crippen molar-refractivity contribution in [2.75, 3.05) is 0 Å². The molecule has 68 valence electrons. The second-order valence-electron chi connectivity index (χ2n) is 2.25. The number of H-pyrrole nitrogens is 1. The summed E-state index contributed by atoms with van der Waals surface area (Å²) in [6.45, 7) is 0. The predicted octanol–water partition coefficient (Wildman–Crippen LogP) is -0.400. The fraction of sp³-hybridized carbons (Fsp3) is 0. The Morgan fingerprint density at radius 1 is 1.31 bits per heavy atom. The molecule has 0 aliphatic rings. The van der Waals surface area contributed by atoms with E-state index in [1.54, 1.807) is 0 Å². The van der Waals surface area contributed by atoms with E-state index >= 15 is 0 Å². The molecule has 0 atom stereocenters. The van der Waals surface area contributed by atoms with E-state index in [-0.39, 0.29) is 11.2 Å². The van der Waals surface area contributed by atoms with Crippen molar-refractivity contribution in [3.8, 4) is 0 Å². The van der Waals surface area contributed by atoms with E-state index in [9.17, 15) is 8.42 Å². The van der Waals surface area contributed by atoms with Gasteiger partial charge >= 0.3 is 10.1 Å². The predicted molar refractivity (Wildman–Crippen MR) is 41.5 cm³/mol. The van der Waals surface area contributed by atoms with Crippen LogP contribution in [0.3, 0.4) is 0 Å². The van der Waals surface area contributed by atoms with Gasteiger partial charge in [-0.25, -0.2) is 15.0 Å². The van der Waals surface area contributed by atoms with Gasteiger partial charge < -0.3 is 4.98 Å². The Labute approximate surface area is 72.6 Å². The quantitative estimate of drug-likeness (QED) is 0.478. The summed E-state index contributed by atoms with van der Waals surface area (Å²) in [6, 6.07) is 0. The maximum Gasteiger partial charge on any atom is 0.314 e. The van der Waals surface area contributed by atoms with E-state index in [2.05, 4.69) is 19.9 Å². The monoisotopic (exact) mass is 200 g/mol. The molecule has 13 heavy (non-hydrogen) atoms. The average molecular weight is 200 g/mol. The number of fused-ring (bicyclic) bond motifs is 1. The van der Waals surface area contributed by atoms with Crippen molar-refractivity contribution in [3.63, 3.8) is 0 Å². The molecular weight excluding hydrogens is 196 g/mol. The maximum absolute atomic E-state index is 10.8. The summed E-state index contributed by atoms with van der Waals surface area (Å²) < 4.78 is 30.2. The van der Waals surface area contributed by atoms with Crippen LogP contribution in [0.2, 0.25) is 0 Å². The molecule has 2 rings (SSSR count). The summed E-state index contributed by atoms with van der Waals surface area (Å²) in [5.74, 6) is 0. The van der Waals surface area contributed by atoms with Crippen molar-refractivity contribution in [1.29, 1.82) is 0 Å². The van der Waals surface area contributed by atoms with Crippen molar-refractivity contribution >= 4 is 21.3 Å². The fourth-order valence-electron chi connectivity index (χ4n) is 0.931. The lowest BCUT2D eigenvalue weighted by molar-refractivity contribution is 0.480. The number of nitrogens with zero attached hydrogens (tertiary/aromatic N) is 3. The van der Waals surface area contributed by atoms with Gasteiger partial charge in [-0.2, -0.15) is 8.42 Å². The SMILES string of the molecule is O=S(=O)(O)c1ncnc2[nH]cnc12. The molecule has 0 fully saturated rings. The van der Waals surface area contributed by atoms with Crippen molar-refractivity contribution in [2.45, 2.75) is 5.03 Å². The van der Waals surface area contributed by atoms with Gasteiger partial charge in [0.25, 0.3) is 0 Å². The Balaban J connectivity index is 2.91. The minimum atomic E-state index is -4.33. The lowest BCUT2D eigenvalue weighted by Gasteiger charge is -1.94. The number of hydrogen-bond acceptors (Lipinski definition) is 5. The van der Waals surface area contributed by atoms with Gasteiger partial charge in [0, 0.05) is 0 Å². The van der Waals surface area contributed by atoms with E-state index in [0.29, 0.717) is 0 Å². The Hall–Kier alpha value is -1.54. The van der Waals surface area contributed by atoms with Crippen LogP contribution in [-0.4, -0.2) is 32.9 Å². The van der Waals surface area contributed by atoms with Crippen LogP contribution < -0.4 is 0 Å². The van der Waals surface area contributed by atoms with Crippen LogP contribution in [0.5, 0.6) is 0 Å². The summed E-state index contributed by atoms with van der Waals surface area (Å²) in [6.07, 6.45) is 2.30. The molecule has 0 spiro atoms. The van der Waals surface area contributed by atoms with Crippen molar-refractivity contribution < 1.29 is 13.0 Å². The molecular formula is C5H4N4O3S. The zero-order valence-electron chi connectivity index (χ0n) is 6.17. The van der Waals surface area contributed by atoms with Gasteiger partial charge in [-0.15, -0.1) is 0 Å². The number of aromatic amines is 1. The summed E-state index contributed by atoms with van der Waals surface area (Å²) in [7, 11) is -4.33. The van der Waals surface area contributed by atoms with Gasteiger partial charge in [-0.3, -0.25) is 4.55 Å². The highest BCUT2D eigenvalue weighted by molar-refractivity contribution is 7.86. The Bertz CT molecular complexity index is 546. The molecule has 0 aromatic carbocycles. The molecule has 8 heteroatoms. The molecule has 2 aromatic heterocycles. The molecule has 0 bridgehead atoms. The zero-order valence-corrected chi connectivity index (χ0v) is 6.98. The highest BCUT2D eigenvalue weighted by atomic mass is 32.2. The first-order valence-corrected chi connectivity index (χ1v) is 4.64. The molecule has 0 saturated heterocycles. The lowest BCUT2D eigenvalue weighted by atomic mass is 10.6. The van der Waals surface area contributed by atoms with Crippen molar-refractivity contribution in [1.82, 2.24) is 19.9 Å². The van der Waals surface area contributed by atoms with Gasteiger partial charge in [0.05, 0.1) is 6.33 Å². The van der Waals surface area contributed by atoms with Crippen LogP contribution in [0.25, 0.3) is 11.2 Å². The zero-order chi connectivity index (χ0) is 9.47. The maximum atomic E-state index is 10.8. The molecule has 0 aliphatic carbocycles. The van der Waals surface area contributed by atoms with E-state index < -0.39 is 15.1 Å². The second-order valence-corrected chi connectivity index (χ2v) is 3.59. The molecule has 0 aliphatic heterocycles. The molecule has 2 aromatic rings. The molecule has 2 N–H and O–H groups in total. The van der Waals surface area contributed by atoms with Gasteiger partial charge in [-0.1, -0.05) is 0 Å². The molecule has 2 heterocycles. The van der Waals surface area contributed by atoms with Gasteiger partial charge in [-0.05, 0) is 0 Å². The van der Waals surface area contributed by atoms with Crippen LogP contribution in [-0.2, 0) is 10.1 Å². The Morgan fingerprint density at radius 2 is 2.08 bits per heavy atom. The third-order valence-electron chi connectivity index (χ3n) is 1.43. The number of hydrogen-bond donors (Lipinski definition) is 2. The van der Waals surface area contributed by atoms with Gasteiger partial charge in [0.2, 0.25) is 5.03 Å². The van der Waals surface area contributed by atoms with Crippen LogP contribution in [0.15, 0.2) is 17.7 Å². The summed E-state index contributed by atoms with van der Waals surface area (Å²) in [5, 5.41) is -0.487. The average Bonchev–Trinajstić information content (AvgIpc) is 2.48. The summed E-state index contributed by atoms with van der Waals surface area (Å²) in [4.78, 5) is 13.4. The fourth-order valence-corrected chi connectivity index (χ4v) is 1.51. The first-order valence-electron chi connectivity index (χ1n) is 3.20. The summed E-state index contributed by atoms with van der Waals surface area (Å²) >= 11 is 0. The number of aromatic nitrogens is 4. The largest absolute Gasteiger partial charge is 0.329 e.